The average Bonchev–Trinajstić information content (AvgIpc) is 3.00. The summed E-state index contributed by atoms with van der Waals surface area (Å²) in [5.74, 6) is 0. The fourth-order valence-corrected chi connectivity index (χ4v) is 9.53. The Balaban J connectivity index is 1.98. The number of aryl methyl sites for hydroxylation is 1. The lowest BCUT2D eigenvalue weighted by Crippen LogP contribution is -2.72. The summed E-state index contributed by atoms with van der Waals surface area (Å²) in [7, 11) is -2.31. The summed E-state index contributed by atoms with van der Waals surface area (Å²) in [6.07, 6.45) is 2.14. The SMILES string of the molecule is Cc1cc2c(cn1)[Si](c1ccccc1)(c1ccccc1)c1ccccc1-2. The zero-order valence-corrected chi connectivity index (χ0v) is 15.7. The van der Waals surface area contributed by atoms with E-state index < -0.39 is 8.07 Å². The molecule has 2 heteroatoms. The molecule has 1 aliphatic rings. The van der Waals surface area contributed by atoms with E-state index in [0.29, 0.717) is 0 Å². The first-order valence-corrected chi connectivity index (χ1v) is 11.0. The third-order valence-corrected chi connectivity index (χ3v) is 10.3. The topological polar surface area (TPSA) is 12.9 Å². The van der Waals surface area contributed by atoms with E-state index in [1.54, 1.807) is 0 Å². The van der Waals surface area contributed by atoms with Crippen LogP contribution in [0.5, 0.6) is 0 Å². The third kappa shape index (κ3) is 1.99. The Morgan fingerprint density at radius 3 is 1.85 bits per heavy atom. The predicted molar refractivity (Wildman–Crippen MR) is 112 cm³/mol. The molecule has 5 rings (SSSR count). The van der Waals surface area contributed by atoms with Gasteiger partial charge in [-0.15, -0.1) is 0 Å². The Morgan fingerprint density at radius 1 is 0.615 bits per heavy atom. The van der Waals surface area contributed by atoms with Crippen LogP contribution in [0.15, 0.2) is 97.2 Å². The Bertz CT molecular complexity index is 1050. The quantitative estimate of drug-likeness (QED) is 0.447. The Labute approximate surface area is 155 Å². The summed E-state index contributed by atoms with van der Waals surface area (Å²) in [6.45, 7) is 2.08. The molecule has 0 radical (unpaired) electrons. The molecule has 0 amide bonds. The molecule has 0 spiro atoms. The molecule has 0 atom stereocenters. The number of benzene rings is 3. The first-order valence-electron chi connectivity index (χ1n) is 9.00. The smallest absolute Gasteiger partial charge is 0.182 e. The van der Waals surface area contributed by atoms with E-state index in [0.717, 1.165) is 5.69 Å². The molecule has 3 aromatic carbocycles. The van der Waals surface area contributed by atoms with E-state index in [1.807, 2.05) is 0 Å². The van der Waals surface area contributed by atoms with Crippen molar-refractivity contribution in [1.82, 2.24) is 4.98 Å². The van der Waals surface area contributed by atoms with E-state index in [9.17, 15) is 0 Å². The zero-order chi connectivity index (χ0) is 17.6. The van der Waals surface area contributed by atoms with Gasteiger partial charge in [-0.25, -0.2) is 0 Å². The number of hydrogen-bond donors (Lipinski definition) is 0. The van der Waals surface area contributed by atoms with E-state index in [4.69, 9.17) is 4.98 Å². The van der Waals surface area contributed by atoms with Gasteiger partial charge in [-0.3, -0.25) is 4.98 Å². The second-order valence-corrected chi connectivity index (χ2v) is 10.6. The molecule has 1 nitrogen and oxygen atoms in total. The largest absolute Gasteiger partial charge is 0.262 e. The third-order valence-electron chi connectivity index (χ3n) is 5.48. The Morgan fingerprint density at radius 2 is 1.19 bits per heavy atom. The zero-order valence-electron chi connectivity index (χ0n) is 14.7. The highest BCUT2D eigenvalue weighted by atomic mass is 28.3. The maximum atomic E-state index is 4.71. The van der Waals surface area contributed by atoms with Crippen molar-refractivity contribution >= 4 is 28.8 Å². The van der Waals surface area contributed by atoms with Gasteiger partial charge in [0.1, 0.15) is 0 Å². The van der Waals surface area contributed by atoms with Crippen LogP contribution in [-0.4, -0.2) is 13.1 Å². The highest BCUT2D eigenvalue weighted by molar-refractivity contribution is 7.22. The molecule has 0 saturated heterocycles. The fourth-order valence-electron chi connectivity index (χ4n) is 4.44. The van der Waals surface area contributed by atoms with Crippen molar-refractivity contribution in [2.75, 3.05) is 0 Å². The van der Waals surface area contributed by atoms with Gasteiger partial charge in [-0.1, -0.05) is 84.9 Å². The van der Waals surface area contributed by atoms with E-state index in [2.05, 4.69) is 104 Å². The number of aromatic nitrogens is 1. The minimum Gasteiger partial charge on any atom is -0.262 e. The molecule has 2 heterocycles. The first-order chi connectivity index (χ1) is 12.8. The normalized spacial score (nSPS) is 13.9. The van der Waals surface area contributed by atoms with Crippen LogP contribution in [0, 0.1) is 6.92 Å². The summed E-state index contributed by atoms with van der Waals surface area (Å²) in [6, 6.07) is 33.2. The van der Waals surface area contributed by atoms with Crippen LogP contribution >= 0.6 is 0 Å². The molecular formula is C24H19NSi. The van der Waals surface area contributed by atoms with Crippen LogP contribution in [0.3, 0.4) is 0 Å². The lowest BCUT2D eigenvalue weighted by molar-refractivity contribution is 1.21. The van der Waals surface area contributed by atoms with Crippen LogP contribution < -0.4 is 20.7 Å². The highest BCUT2D eigenvalue weighted by Crippen LogP contribution is 2.28. The predicted octanol–water partition coefficient (Wildman–Crippen LogP) is 2.75. The second kappa shape index (κ2) is 5.79. The molecule has 1 aromatic heterocycles. The van der Waals surface area contributed by atoms with E-state index in [-0.39, 0.29) is 0 Å². The van der Waals surface area contributed by atoms with Crippen LogP contribution in [0.25, 0.3) is 11.1 Å². The molecule has 4 aromatic rings. The summed E-state index contributed by atoms with van der Waals surface area (Å²) in [5, 5.41) is 5.72. The maximum Gasteiger partial charge on any atom is 0.182 e. The minimum atomic E-state index is -2.31. The molecule has 0 fully saturated rings. The van der Waals surface area contributed by atoms with Crippen LogP contribution in [0.1, 0.15) is 5.69 Å². The number of fused-ring (bicyclic) bond motifs is 3. The molecule has 124 valence electrons. The highest BCUT2D eigenvalue weighted by Gasteiger charge is 2.48. The summed E-state index contributed by atoms with van der Waals surface area (Å²) in [5.41, 5.74) is 3.80. The van der Waals surface area contributed by atoms with Crippen molar-refractivity contribution in [3.05, 3.63) is 103 Å². The molecule has 0 saturated carbocycles. The number of pyridine rings is 1. The van der Waals surface area contributed by atoms with Crippen LogP contribution in [0.2, 0.25) is 0 Å². The lowest BCUT2D eigenvalue weighted by atomic mass is 10.1. The van der Waals surface area contributed by atoms with Crippen molar-refractivity contribution in [1.29, 1.82) is 0 Å². The molecule has 0 unspecified atom stereocenters. The van der Waals surface area contributed by atoms with Gasteiger partial charge in [-0.05, 0) is 44.9 Å². The molecule has 0 aliphatic carbocycles. The lowest BCUT2D eigenvalue weighted by Gasteiger charge is -2.30. The fraction of sp³-hybridized carbons (Fsp3) is 0.0417. The standard InChI is InChI=1S/C24H19NSi/c1-18-16-22-21-14-8-9-15-23(21)26(24(22)17-25-18,19-10-4-2-5-11-19)20-12-6-3-7-13-20/h2-17H,1H3. The van der Waals surface area contributed by atoms with E-state index in [1.165, 1.54) is 31.9 Å². The number of nitrogens with zero attached hydrogens (tertiary/aromatic N) is 1. The summed E-state index contributed by atoms with van der Waals surface area (Å²) < 4.78 is 0. The van der Waals surface area contributed by atoms with E-state index >= 15 is 0 Å². The summed E-state index contributed by atoms with van der Waals surface area (Å²) >= 11 is 0. The van der Waals surface area contributed by atoms with Gasteiger partial charge in [0, 0.05) is 11.9 Å². The van der Waals surface area contributed by atoms with Crippen LogP contribution in [-0.2, 0) is 0 Å². The van der Waals surface area contributed by atoms with Gasteiger partial charge in [0.2, 0.25) is 0 Å². The van der Waals surface area contributed by atoms with Gasteiger partial charge in [0.15, 0.2) is 8.07 Å². The molecular weight excluding hydrogens is 330 g/mol. The minimum absolute atomic E-state index is 1.07. The van der Waals surface area contributed by atoms with Gasteiger partial charge in [-0.2, -0.15) is 0 Å². The van der Waals surface area contributed by atoms with Crippen molar-refractivity contribution < 1.29 is 0 Å². The van der Waals surface area contributed by atoms with Crippen molar-refractivity contribution in [3.63, 3.8) is 0 Å². The number of hydrogen-bond acceptors (Lipinski definition) is 1. The van der Waals surface area contributed by atoms with Gasteiger partial charge >= 0.3 is 0 Å². The molecule has 0 bridgehead atoms. The summed E-state index contributed by atoms with van der Waals surface area (Å²) in [4.78, 5) is 4.71. The average molecular weight is 350 g/mol. The Kier molecular flexibility index (Phi) is 3.40. The van der Waals surface area contributed by atoms with Gasteiger partial charge < -0.3 is 0 Å². The van der Waals surface area contributed by atoms with Crippen molar-refractivity contribution in [2.24, 2.45) is 0 Å². The second-order valence-electron chi connectivity index (χ2n) is 6.90. The molecule has 1 aliphatic heterocycles. The maximum absolute atomic E-state index is 4.71. The molecule has 0 N–H and O–H groups in total. The first kappa shape index (κ1) is 15.3. The van der Waals surface area contributed by atoms with Crippen molar-refractivity contribution in [2.45, 2.75) is 6.92 Å². The van der Waals surface area contributed by atoms with Crippen molar-refractivity contribution in [3.8, 4) is 11.1 Å². The molecule has 26 heavy (non-hydrogen) atoms. The van der Waals surface area contributed by atoms with Crippen LogP contribution in [0.4, 0.5) is 0 Å². The number of rotatable bonds is 2. The monoisotopic (exact) mass is 349 g/mol. The Hall–Kier alpha value is -2.97. The van der Waals surface area contributed by atoms with Gasteiger partial charge in [0.25, 0.3) is 0 Å². The van der Waals surface area contributed by atoms with Gasteiger partial charge in [0.05, 0.1) is 0 Å².